The van der Waals surface area contributed by atoms with Gasteiger partial charge in [0.25, 0.3) is 0 Å². The summed E-state index contributed by atoms with van der Waals surface area (Å²) in [7, 11) is 1.56. The number of ether oxygens (including phenoxy) is 3. The molecule has 2 aromatic carbocycles. The summed E-state index contributed by atoms with van der Waals surface area (Å²) in [4.78, 5) is 38.2. The number of benzene rings is 2. The number of nitrogens with one attached hydrogen (secondary N) is 3. The molecule has 0 radical (unpaired) electrons. The van der Waals surface area contributed by atoms with E-state index in [0.717, 1.165) is 0 Å². The molecule has 3 rings (SSSR count). The molecule has 0 spiro atoms. The lowest BCUT2D eigenvalue weighted by Gasteiger charge is -2.19. The normalized spacial score (nSPS) is 11.7. The number of methoxy groups -OCH3 is 1. The van der Waals surface area contributed by atoms with Gasteiger partial charge in [0, 0.05) is 17.4 Å². The standard InChI is InChI=1S/C21H24N4O6/c1-3-25(11-19(26)22-14-4-7-16(29-2)8-5-14)12-20(27)24-21(28)23-15-6-9-17-18(10-15)31-13-30-17/h4-10H,3,11-13H2,1-2H3,(H,22,26)(H2,23,24,27,28). The monoisotopic (exact) mass is 428 g/mol. The molecule has 164 valence electrons. The lowest BCUT2D eigenvalue weighted by atomic mass is 10.3. The number of nitrogens with zero attached hydrogens (tertiary/aromatic N) is 1. The van der Waals surface area contributed by atoms with Crippen molar-refractivity contribution in [3.8, 4) is 17.2 Å². The van der Waals surface area contributed by atoms with Crippen LogP contribution in [-0.4, -0.2) is 56.3 Å². The number of rotatable bonds is 8. The van der Waals surface area contributed by atoms with E-state index in [-0.39, 0.29) is 25.8 Å². The molecule has 1 heterocycles. The number of imide groups is 1. The summed E-state index contributed by atoms with van der Waals surface area (Å²) >= 11 is 0. The van der Waals surface area contributed by atoms with Crippen LogP contribution < -0.4 is 30.2 Å². The van der Waals surface area contributed by atoms with E-state index >= 15 is 0 Å². The number of carbonyl (C=O) groups excluding carboxylic acids is 3. The Bertz CT molecular complexity index is 947. The first-order valence-electron chi connectivity index (χ1n) is 9.63. The van der Waals surface area contributed by atoms with E-state index in [2.05, 4.69) is 16.0 Å². The first-order valence-corrected chi connectivity index (χ1v) is 9.63. The molecule has 0 saturated carbocycles. The van der Waals surface area contributed by atoms with Gasteiger partial charge in [-0.25, -0.2) is 4.79 Å². The van der Waals surface area contributed by atoms with Gasteiger partial charge in [0.2, 0.25) is 18.6 Å². The number of amides is 4. The van der Waals surface area contributed by atoms with E-state index in [0.29, 0.717) is 35.2 Å². The van der Waals surface area contributed by atoms with Gasteiger partial charge in [0.1, 0.15) is 5.75 Å². The maximum atomic E-state index is 12.3. The highest BCUT2D eigenvalue weighted by Crippen LogP contribution is 2.34. The lowest BCUT2D eigenvalue weighted by Crippen LogP contribution is -2.44. The van der Waals surface area contributed by atoms with Gasteiger partial charge in [0.05, 0.1) is 20.2 Å². The minimum Gasteiger partial charge on any atom is -0.497 e. The Labute approximate surface area is 179 Å². The van der Waals surface area contributed by atoms with E-state index in [1.54, 1.807) is 54.5 Å². The van der Waals surface area contributed by atoms with E-state index in [9.17, 15) is 14.4 Å². The molecule has 31 heavy (non-hydrogen) atoms. The van der Waals surface area contributed by atoms with Crippen LogP contribution >= 0.6 is 0 Å². The number of fused-ring (bicyclic) bond motifs is 1. The highest BCUT2D eigenvalue weighted by atomic mass is 16.7. The minimum absolute atomic E-state index is 0.000269. The third kappa shape index (κ3) is 6.34. The van der Waals surface area contributed by atoms with E-state index in [1.165, 1.54) is 0 Å². The molecule has 1 aliphatic heterocycles. The summed E-state index contributed by atoms with van der Waals surface area (Å²) in [6, 6.07) is 11.1. The molecule has 10 heteroatoms. The van der Waals surface area contributed by atoms with Crippen molar-refractivity contribution < 1.29 is 28.6 Å². The van der Waals surface area contributed by atoms with Gasteiger partial charge >= 0.3 is 6.03 Å². The van der Waals surface area contributed by atoms with Crippen molar-refractivity contribution in [2.75, 3.05) is 44.2 Å². The van der Waals surface area contributed by atoms with Crippen LogP contribution in [0.2, 0.25) is 0 Å². The predicted molar refractivity (Wildman–Crippen MR) is 113 cm³/mol. The van der Waals surface area contributed by atoms with Crippen LogP contribution in [0.25, 0.3) is 0 Å². The second-order valence-electron chi connectivity index (χ2n) is 6.65. The molecule has 0 aromatic heterocycles. The summed E-state index contributed by atoms with van der Waals surface area (Å²) in [5.74, 6) is 0.989. The van der Waals surface area contributed by atoms with Gasteiger partial charge < -0.3 is 24.8 Å². The smallest absolute Gasteiger partial charge is 0.325 e. The molecule has 2 aromatic rings. The van der Waals surface area contributed by atoms with Crippen molar-refractivity contribution in [3.63, 3.8) is 0 Å². The molecule has 1 aliphatic rings. The zero-order chi connectivity index (χ0) is 22.2. The number of hydrogen-bond donors (Lipinski definition) is 3. The largest absolute Gasteiger partial charge is 0.497 e. The van der Waals surface area contributed by atoms with Gasteiger partial charge in [-0.2, -0.15) is 0 Å². The molecule has 0 fully saturated rings. The summed E-state index contributed by atoms with van der Waals surface area (Å²) in [6.07, 6.45) is 0. The van der Waals surface area contributed by atoms with Crippen LogP contribution in [0, 0.1) is 0 Å². The molecule has 4 amide bonds. The molecule has 10 nitrogen and oxygen atoms in total. The lowest BCUT2D eigenvalue weighted by molar-refractivity contribution is -0.122. The molecule has 0 atom stereocenters. The van der Waals surface area contributed by atoms with Crippen molar-refractivity contribution >= 4 is 29.2 Å². The summed E-state index contributed by atoms with van der Waals surface area (Å²) in [5, 5.41) is 7.57. The Morgan fingerprint density at radius 3 is 2.32 bits per heavy atom. The van der Waals surface area contributed by atoms with Gasteiger partial charge in [-0.1, -0.05) is 6.92 Å². The zero-order valence-electron chi connectivity index (χ0n) is 17.3. The Morgan fingerprint density at radius 1 is 0.935 bits per heavy atom. The molecule has 0 unspecified atom stereocenters. The van der Waals surface area contributed by atoms with E-state index < -0.39 is 11.9 Å². The van der Waals surface area contributed by atoms with Crippen LogP contribution in [0.4, 0.5) is 16.2 Å². The van der Waals surface area contributed by atoms with E-state index in [4.69, 9.17) is 14.2 Å². The second-order valence-corrected chi connectivity index (χ2v) is 6.65. The van der Waals surface area contributed by atoms with Gasteiger partial charge in [0.15, 0.2) is 11.5 Å². The quantitative estimate of drug-likeness (QED) is 0.589. The third-order valence-corrected chi connectivity index (χ3v) is 4.44. The third-order valence-electron chi connectivity index (χ3n) is 4.44. The second kappa shape index (κ2) is 10.3. The first kappa shape index (κ1) is 21.9. The van der Waals surface area contributed by atoms with Crippen molar-refractivity contribution in [2.24, 2.45) is 0 Å². The van der Waals surface area contributed by atoms with Crippen LogP contribution in [0.1, 0.15) is 6.92 Å². The highest BCUT2D eigenvalue weighted by molar-refractivity contribution is 6.02. The van der Waals surface area contributed by atoms with Crippen LogP contribution in [-0.2, 0) is 9.59 Å². The fraction of sp³-hybridized carbons (Fsp3) is 0.286. The number of urea groups is 1. The molecule has 0 bridgehead atoms. The fourth-order valence-electron chi connectivity index (χ4n) is 2.86. The molecular formula is C21H24N4O6. The highest BCUT2D eigenvalue weighted by Gasteiger charge is 2.17. The number of likely N-dealkylation sites (N-methyl/N-ethyl adjacent to an activating group) is 1. The van der Waals surface area contributed by atoms with Crippen molar-refractivity contribution in [1.82, 2.24) is 10.2 Å². The molecule has 0 saturated heterocycles. The average molecular weight is 428 g/mol. The Hall–Kier alpha value is -3.79. The fourth-order valence-corrected chi connectivity index (χ4v) is 2.86. The topological polar surface area (TPSA) is 118 Å². The van der Waals surface area contributed by atoms with Crippen LogP contribution in [0.3, 0.4) is 0 Å². The van der Waals surface area contributed by atoms with Crippen LogP contribution in [0.15, 0.2) is 42.5 Å². The number of anilines is 2. The number of carbonyl (C=O) groups is 3. The maximum Gasteiger partial charge on any atom is 0.325 e. The van der Waals surface area contributed by atoms with Crippen molar-refractivity contribution in [3.05, 3.63) is 42.5 Å². The van der Waals surface area contributed by atoms with Crippen molar-refractivity contribution in [1.29, 1.82) is 0 Å². The summed E-state index contributed by atoms with van der Waals surface area (Å²) < 4.78 is 15.5. The summed E-state index contributed by atoms with van der Waals surface area (Å²) in [5.41, 5.74) is 1.08. The maximum absolute atomic E-state index is 12.3. The Morgan fingerprint density at radius 2 is 1.61 bits per heavy atom. The molecular weight excluding hydrogens is 404 g/mol. The zero-order valence-corrected chi connectivity index (χ0v) is 17.3. The Kier molecular flexibility index (Phi) is 7.28. The van der Waals surface area contributed by atoms with E-state index in [1.807, 2.05) is 6.92 Å². The molecule has 0 aliphatic carbocycles. The number of hydrogen-bond acceptors (Lipinski definition) is 7. The predicted octanol–water partition coefficient (Wildman–Crippen LogP) is 2.03. The SMILES string of the molecule is CCN(CC(=O)NC(=O)Nc1ccc2c(c1)OCO2)CC(=O)Nc1ccc(OC)cc1. The van der Waals surface area contributed by atoms with Gasteiger partial charge in [-0.15, -0.1) is 0 Å². The Balaban J connectivity index is 1.45. The van der Waals surface area contributed by atoms with Crippen LogP contribution in [0.5, 0.6) is 17.2 Å². The summed E-state index contributed by atoms with van der Waals surface area (Å²) in [6.45, 7) is 2.29. The van der Waals surface area contributed by atoms with Crippen molar-refractivity contribution in [2.45, 2.75) is 6.92 Å². The molecule has 3 N–H and O–H groups in total. The van der Waals surface area contributed by atoms with Gasteiger partial charge in [-0.05, 0) is 42.9 Å². The van der Waals surface area contributed by atoms with Gasteiger partial charge in [-0.3, -0.25) is 19.8 Å². The minimum atomic E-state index is -0.678. The average Bonchev–Trinajstić information content (AvgIpc) is 3.21. The first-order chi connectivity index (χ1) is 15.0.